The predicted octanol–water partition coefficient (Wildman–Crippen LogP) is 7.53. The molecule has 4 nitrogen and oxygen atoms in total. The lowest BCUT2D eigenvalue weighted by atomic mass is 10.1. The minimum atomic E-state index is -0.201. The average Bonchev–Trinajstić information content (AvgIpc) is 3.12. The number of fused-ring (bicyclic) bond motifs is 1. The summed E-state index contributed by atoms with van der Waals surface area (Å²) in [5.74, 6) is 0.209. The van der Waals surface area contributed by atoms with Crippen molar-refractivity contribution in [2.24, 2.45) is 5.10 Å². The number of benzene rings is 4. The van der Waals surface area contributed by atoms with Crippen LogP contribution in [0.1, 0.15) is 18.1 Å². The first-order valence-corrected chi connectivity index (χ1v) is 11.5. The second-order valence-electron chi connectivity index (χ2n) is 7.98. The number of hydrogen-bond donors (Lipinski definition) is 0. The molecule has 0 fully saturated rings. The van der Waals surface area contributed by atoms with Crippen LogP contribution in [0.15, 0.2) is 95.6 Å². The molecule has 0 spiro atoms. The van der Waals surface area contributed by atoms with Gasteiger partial charge in [0, 0.05) is 0 Å². The lowest BCUT2D eigenvalue weighted by Gasteiger charge is -2.12. The first kappa shape index (κ1) is 22.2. The number of ether oxygens (including phenoxy) is 1. The molecule has 1 aliphatic rings. The molecule has 0 N–H and O–H groups in total. The highest BCUT2D eigenvalue weighted by Gasteiger charge is 2.28. The van der Waals surface area contributed by atoms with Gasteiger partial charge < -0.3 is 4.74 Å². The van der Waals surface area contributed by atoms with Gasteiger partial charge in [0.1, 0.15) is 6.61 Å². The van der Waals surface area contributed by atoms with E-state index in [1.54, 1.807) is 25.1 Å². The number of hydrazone groups is 1. The van der Waals surface area contributed by atoms with Crippen LogP contribution in [-0.4, -0.2) is 11.6 Å². The molecule has 0 aromatic heterocycles. The van der Waals surface area contributed by atoms with E-state index in [1.165, 1.54) is 10.4 Å². The van der Waals surface area contributed by atoms with Crippen molar-refractivity contribution in [1.82, 2.24) is 0 Å². The molecule has 0 bridgehead atoms. The standard InChI is InChI=1S/C28H20Cl2N2O2/c1-18-24(28(33)32(31-18)23-9-3-2-4-10-23)14-20-15-25(29)27(26(30)16-20)34-17-19-11-12-21-7-5-6-8-22(21)13-19/h2-16H,17H2,1H3/b24-14+. The number of hydrogen-bond acceptors (Lipinski definition) is 3. The van der Waals surface area contributed by atoms with Crippen molar-refractivity contribution in [2.75, 3.05) is 5.01 Å². The highest BCUT2D eigenvalue weighted by atomic mass is 35.5. The van der Waals surface area contributed by atoms with Crippen LogP contribution in [0.5, 0.6) is 5.75 Å². The summed E-state index contributed by atoms with van der Waals surface area (Å²) in [5, 5.41) is 8.87. The molecule has 1 amide bonds. The van der Waals surface area contributed by atoms with E-state index in [0.717, 1.165) is 10.9 Å². The number of nitrogens with zero attached hydrogens (tertiary/aromatic N) is 2. The fourth-order valence-electron chi connectivity index (χ4n) is 3.88. The summed E-state index contributed by atoms with van der Waals surface area (Å²) >= 11 is 13.0. The largest absolute Gasteiger partial charge is 0.486 e. The number of amides is 1. The molecule has 4 aromatic rings. The van der Waals surface area contributed by atoms with Crippen molar-refractivity contribution in [1.29, 1.82) is 0 Å². The summed E-state index contributed by atoms with van der Waals surface area (Å²) in [5.41, 5.74) is 3.53. The smallest absolute Gasteiger partial charge is 0.280 e. The minimum absolute atomic E-state index is 0.201. The molecule has 0 aliphatic carbocycles. The van der Waals surface area contributed by atoms with E-state index in [-0.39, 0.29) is 5.91 Å². The van der Waals surface area contributed by atoms with E-state index < -0.39 is 0 Å². The van der Waals surface area contributed by atoms with Gasteiger partial charge in [-0.3, -0.25) is 4.79 Å². The van der Waals surface area contributed by atoms with Gasteiger partial charge in [0.25, 0.3) is 5.91 Å². The zero-order valence-electron chi connectivity index (χ0n) is 18.3. The number of carbonyl (C=O) groups is 1. The van der Waals surface area contributed by atoms with Gasteiger partial charge >= 0.3 is 0 Å². The molecule has 4 aromatic carbocycles. The van der Waals surface area contributed by atoms with Crippen LogP contribution in [-0.2, 0) is 11.4 Å². The number of anilines is 1. The zero-order valence-corrected chi connectivity index (χ0v) is 19.8. The lowest BCUT2D eigenvalue weighted by Crippen LogP contribution is -2.21. The topological polar surface area (TPSA) is 41.9 Å². The van der Waals surface area contributed by atoms with Crippen LogP contribution in [0.2, 0.25) is 10.0 Å². The lowest BCUT2D eigenvalue weighted by molar-refractivity contribution is -0.114. The summed E-state index contributed by atoms with van der Waals surface area (Å²) in [7, 11) is 0. The Morgan fingerprint density at radius 1 is 0.882 bits per heavy atom. The van der Waals surface area contributed by atoms with Crippen LogP contribution in [0.3, 0.4) is 0 Å². The van der Waals surface area contributed by atoms with Gasteiger partial charge in [0.2, 0.25) is 0 Å². The third-order valence-electron chi connectivity index (χ3n) is 5.59. The molecule has 0 saturated heterocycles. The molecule has 1 aliphatic heterocycles. The SMILES string of the molecule is CC1=NN(c2ccccc2)C(=O)/C1=C/c1cc(Cl)c(OCc2ccc3ccccc3c2)c(Cl)c1. The maximum atomic E-state index is 13.0. The normalized spacial score (nSPS) is 14.7. The van der Waals surface area contributed by atoms with Crippen molar-refractivity contribution in [3.63, 3.8) is 0 Å². The van der Waals surface area contributed by atoms with Gasteiger partial charge in [-0.15, -0.1) is 0 Å². The number of carbonyl (C=O) groups excluding carboxylic acids is 1. The summed E-state index contributed by atoms with van der Waals surface area (Å²) in [6.45, 7) is 2.14. The van der Waals surface area contributed by atoms with Gasteiger partial charge in [0.05, 0.1) is 27.0 Å². The van der Waals surface area contributed by atoms with Gasteiger partial charge in [-0.25, -0.2) is 0 Å². The number of halogens is 2. The Morgan fingerprint density at radius 2 is 1.56 bits per heavy atom. The van der Waals surface area contributed by atoms with Crippen LogP contribution < -0.4 is 9.75 Å². The first-order chi connectivity index (χ1) is 16.5. The van der Waals surface area contributed by atoms with E-state index in [2.05, 4.69) is 29.4 Å². The van der Waals surface area contributed by atoms with Gasteiger partial charge in [0.15, 0.2) is 5.75 Å². The Morgan fingerprint density at radius 3 is 2.29 bits per heavy atom. The molecule has 34 heavy (non-hydrogen) atoms. The maximum Gasteiger partial charge on any atom is 0.280 e. The van der Waals surface area contributed by atoms with Crippen molar-refractivity contribution in [2.45, 2.75) is 13.5 Å². The van der Waals surface area contributed by atoms with Crippen LogP contribution >= 0.6 is 23.2 Å². The van der Waals surface area contributed by atoms with Gasteiger partial charge in [-0.05, 0) is 65.2 Å². The monoisotopic (exact) mass is 486 g/mol. The van der Waals surface area contributed by atoms with Crippen molar-refractivity contribution in [3.05, 3.63) is 112 Å². The highest BCUT2D eigenvalue weighted by molar-refractivity contribution is 6.37. The summed E-state index contributed by atoms with van der Waals surface area (Å²) < 4.78 is 5.96. The van der Waals surface area contributed by atoms with Crippen LogP contribution in [0, 0.1) is 0 Å². The molecule has 168 valence electrons. The molecule has 0 unspecified atom stereocenters. The summed E-state index contributed by atoms with van der Waals surface area (Å²) in [4.78, 5) is 13.0. The molecule has 5 rings (SSSR count). The van der Waals surface area contributed by atoms with E-state index in [0.29, 0.717) is 44.9 Å². The Hall–Kier alpha value is -3.60. The minimum Gasteiger partial charge on any atom is -0.486 e. The van der Waals surface area contributed by atoms with E-state index in [9.17, 15) is 4.79 Å². The van der Waals surface area contributed by atoms with Crippen molar-refractivity contribution >= 4 is 57.4 Å². The predicted molar refractivity (Wildman–Crippen MR) is 140 cm³/mol. The van der Waals surface area contributed by atoms with E-state index in [4.69, 9.17) is 27.9 Å². The number of para-hydroxylation sites is 1. The molecule has 0 saturated carbocycles. The maximum absolute atomic E-state index is 13.0. The number of rotatable bonds is 5. The summed E-state index contributed by atoms with van der Waals surface area (Å²) in [6, 6.07) is 27.1. The summed E-state index contributed by atoms with van der Waals surface area (Å²) in [6.07, 6.45) is 1.75. The van der Waals surface area contributed by atoms with Crippen molar-refractivity contribution in [3.8, 4) is 5.75 Å². The zero-order chi connectivity index (χ0) is 23.7. The van der Waals surface area contributed by atoms with Crippen LogP contribution in [0.4, 0.5) is 5.69 Å². The molecule has 6 heteroatoms. The quantitative estimate of drug-likeness (QED) is 0.273. The third kappa shape index (κ3) is 4.43. The average molecular weight is 487 g/mol. The highest BCUT2D eigenvalue weighted by Crippen LogP contribution is 2.36. The molecule has 0 atom stereocenters. The van der Waals surface area contributed by atoms with Gasteiger partial charge in [-0.2, -0.15) is 10.1 Å². The Balaban J connectivity index is 1.36. The second-order valence-corrected chi connectivity index (χ2v) is 8.79. The van der Waals surface area contributed by atoms with E-state index in [1.807, 2.05) is 48.5 Å². The Kier molecular flexibility index (Phi) is 6.10. The van der Waals surface area contributed by atoms with Gasteiger partial charge in [-0.1, -0.05) is 77.8 Å². The molecular weight excluding hydrogens is 467 g/mol. The van der Waals surface area contributed by atoms with Crippen LogP contribution in [0.25, 0.3) is 16.8 Å². The fraction of sp³-hybridized carbons (Fsp3) is 0.0714. The third-order valence-corrected chi connectivity index (χ3v) is 6.15. The molecule has 1 heterocycles. The molecular formula is C28H20Cl2N2O2. The molecule has 0 radical (unpaired) electrons. The Bertz CT molecular complexity index is 1440. The Labute approximate surface area is 207 Å². The van der Waals surface area contributed by atoms with E-state index >= 15 is 0 Å². The first-order valence-electron chi connectivity index (χ1n) is 10.8. The fourth-order valence-corrected chi connectivity index (χ4v) is 4.49. The van der Waals surface area contributed by atoms with Crippen molar-refractivity contribution < 1.29 is 9.53 Å². The second kappa shape index (κ2) is 9.34.